The van der Waals surface area contributed by atoms with Gasteiger partial charge in [0.2, 0.25) is 0 Å². The van der Waals surface area contributed by atoms with Gasteiger partial charge in [-0.05, 0) is 6.07 Å². The quantitative estimate of drug-likeness (QED) is 0.657. The number of anilines is 1. The van der Waals surface area contributed by atoms with Gasteiger partial charge in [0.1, 0.15) is 0 Å². The molecule has 0 aromatic heterocycles. The molecule has 1 N–H and O–H groups in total. The Morgan fingerprint density at radius 3 is 1.90 bits per heavy atom. The lowest BCUT2D eigenvalue weighted by Gasteiger charge is -2.33. The summed E-state index contributed by atoms with van der Waals surface area (Å²) in [6.45, 7) is 0.604. The highest BCUT2D eigenvalue weighted by molar-refractivity contribution is 5.75. The molecule has 2 rings (SSSR count). The van der Waals surface area contributed by atoms with Gasteiger partial charge >= 0.3 is 6.09 Å². The van der Waals surface area contributed by atoms with Crippen LogP contribution >= 0.6 is 0 Å². The Kier molecular flexibility index (Phi) is 3.87. The zero-order valence-electron chi connectivity index (χ0n) is 10.8. The lowest BCUT2D eigenvalue weighted by Crippen LogP contribution is -2.48. The Labute approximate surface area is 118 Å². The van der Waals surface area contributed by atoms with E-state index >= 15 is 0 Å². The fraction of sp³-hybridized carbons (Fsp3) is 0.364. The Balaban J connectivity index is 2.37. The van der Waals surface area contributed by atoms with Gasteiger partial charge in [0, 0.05) is 38.3 Å². The Morgan fingerprint density at radius 2 is 1.52 bits per heavy atom. The van der Waals surface area contributed by atoms with Gasteiger partial charge in [-0.1, -0.05) is 0 Å². The third-order valence-corrected chi connectivity index (χ3v) is 3.25. The van der Waals surface area contributed by atoms with Gasteiger partial charge in [0.05, 0.1) is 9.85 Å². The Hall–Kier alpha value is -2.91. The number of hydrogen-bond donors (Lipinski definition) is 1. The number of hydrogen-bond acceptors (Lipinski definition) is 6. The van der Waals surface area contributed by atoms with Crippen LogP contribution in [0.5, 0.6) is 0 Å². The minimum atomic E-state index is -1.08. The van der Waals surface area contributed by atoms with Crippen LogP contribution in [0.25, 0.3) is 0 Å². The Bertz CT molecular complexity index is 564. The van der Waals surface area contributed by atoms with Gasteiger partial charge in [-0.15, -0.1) is 0 Å². The average molecular weight is 296 g/mol. The highest BCUT2D eigenvalue weighted by Crippen LogP contribution is 2.37. The molecule has 0 aliphatic carbocycles. The first-order valence-electron chi connectivity index (χ1n) is 6.06. The normalized spacial score (nSPS) is 14.9. The molecule has 0 bridgehead atoms. The molecule has 1 aliphatic rings. The molecule has 0 atom stereocenters. The van der Waals surface area contributed by atoms with E-state index in [4.69, 9.17) is 5.11 Å². The second kappa shape index (κ2) is 5.61. The van der Waals surface area contributed by atoms with E-state index in [1.807, 2.05) is 0 Å². The molecule has 1 aromatic rings. The summed E-state index contributed by atoms with van der Waals surface area (Å²) in [6, 6.07) is 3.66. The number of benzene rings is 1. The van der Waals surface area contributed by atoms with Gasteiger partial charge in [-0.2, -0.15) is 0 Å². The Morgan fingerprint density at radius 1 is 1.05 bits per heavy atom. The lowest BCUT2D eigenvalue weighted by molar-refractivity contribution is -0.392. The molecule has 1 amide bonds. The van der Waals surface area contributed by atoms with E-state index in [0.717, 1.165) is 4.90 Å². The number of nitro groups is 2. The molecule has 0 radical (unpaired) electrons. The van der Waals surface area contributed by atoms with Gasteiger partial charge < -0.3 is 14.9 Å². The third-order valence-electron chi connectivity index (χ3n) is 3.25. The van der Waals surface area contributed by atoms with Crippen molar-refractivity contribution in [3.05, 3.63) is 38.4 Å². The summed E-state index contributed by atoms with van der Waals surface area (Å²) in [5.41, 5.74) is -0.779. The largest absolute Gasteiger partial charge is 0.465 e. The maximum absolute atomic E-state index is 11.1. The number of piperazine rings is 1. The molecule has 0 saturated carbocycles. The van der Waals surface area contributed by atoms with Crippen LogP contribution in [0.4, 0.5) is 21.9 Å². The van der Waals surface area contributed by atoms with Crippen LogP contribution in [0, 0.1) is 20.2 Å². The summed E-state index contributed by atoms with van der Waals surface area (Å²) in [7, 11) is 0. The molecule has 1 aliphatic heterocycles. The van der Waals surface area contributed by atoms with E-state index in [1.54, 1.807) is 0 Å². The molecule has 21 heavy (non-hydrogen) atoms. The van der Waals surface area contributed by atoms with Crippen molar-refractivity contribution >= 4 is 23.2 Å². The standard InChI is InChI=1S/C11H12N4O6/c16-11(17)13-6-4-12(5-7-13)10-8(14(18)19)2-1-3-9(10)15(20)21/h1-3H,4-7H2,(H,16,17). The van der Waals surface area contributed by atoms with Crippen LogP contribution in [-0.2, 0) is 0 Å². The number of rotatable bonds is 3. The zero-order valence-corrected chi connectivity index (χ0v) is 10.8. The average Bonchev–Trinajstić information content (AvgIpc) is 2.46. The summed E-state index contributed by atoms with van der Waals surface area (Å²) in [5.74, 6) is 0. The topological polar surface area (TPSA) is 130 Å². The second-order valence-corrected chi connectivity index (χ2v) is 4.42. The zero-order chi connectivity index (χ0) is 15.6. The van der Waals surface area contributed by atoms with E-state index in [1.165, 1.54) is 23.1 Å². The smallest absolute Gasteiger partial charge is 0.407 e. The molecule has 10 heteroatoms. The summed E-state index contributed by atoms with van der Waals surface area (Å²) < 4.78 is 0. The monoisotopic (exact) mass is 296 g/mol. The molecule has 0 spiro atoms. The number of carboxylic acid groups (broad SMARTS) is 1. The van der Waals surface area contributed by atoms with E-state index in [0.29, 0.717) is 0 Å². The maximum atomic E-state index is 11.1. The fourth-order valence-electron chi connectivity index (χ4n) is 2.26. The first kappa shape index (κ1) is 14.5. The summed E-state index contributed by atoms with van der Waals surface area (Å²) in [4.78, 5) is 34.3. The molecular weight excluding hydrogens is 284 g/mol. The number of para-hydroxylation sites is 1. The molecule has 112 valence electrons. The number of nitrogens with zero attached hydrogens (tertiary/aromatic N) is 4. The molecule has 0 unspecified atom stereocenters. The first-order valence-corrected chi connectivity index (χ1v) is 6.06. The maximum Gasteiger partial charge on any atom is 0.407 e. The lowest BCUT2D eigenvalue weighted by atomic mass is 10.2. The van der Waals surface area contributed by atoms with Crippen LogP contribution < -0.4 is 4.90 Å². The molecule has 1 fully saturated rings. The van der Waals surface area contributed by atoms with Crippen LogP contribution in [0.2, 0.25) is 0 Å². The van der Waals surface area contributed by atoms with Crippen LogP contribution in [0.3, 0.4) is 0 Å². The molecular formula is C11H12N4O6. The molecule has 1 saturated heterocycles. The van der Waals surface area contributed by atoms with Gasteiger partial charge in [0.25, 0.3) is 11.4 Å². The molecule has 1 heterocycles. The van der Waals surface area contributed by atoms with Crippen LogP contribution in [0.15, 0.2) is 18.2 Å². The second-order valence-electron chi connectivity index (χ2n) is 4.42. The number of amides is 1. The van der Waals surface area contributed by atoms with Crippen molar-refractivity contribution in [1.29, 1.82) is 0 Å². The van der Waals surface area contributed by atoms with Crippen molar-refractivity contribution in [3.63, 3.8) is 0 Å². The number of carbonyl (C=O) groups is 1. The van der Waals surface area contributed by atoms with Crippen LogP contribution in [0.1, 0.15) is 0 Å². The third kappa shape index (κ3) is 2.83. The predicted octanol–water partition coefficient (Wildman–Crippen LogP) is 1.30. The van der Waals surface area contributed by atoms with Crippen LogP contribution in [-0.4, -0.2) is 52.1 Å². The van der Waals surface area contributed by atoms with Gasteiger partial charge in [-0.25, -0.2) is 4.79 Å². The van der Waals surface area contributed by atoms with Crippen molar-refractivity contribution < 1.29 is 19.7 Å². The van der Waals surface area contributed by atoms with Crippen molar-refractivity contribution in [2.75, 3.05) is 31.1 Å². The van der Waals surface area contributed by atoms with Crippen molar-refractivity contribution in [2.45, 2.75) is 0 Å². The minimum absolute atomic E-state index is 0.0717. The number of nitro benzene ring substituents is 2. The summed E-state index contributed by atoms with van der Waals surface area (Å²) >= 11 is 0. The SMILES string of the molecule is O=C(O)N1CCN(c2c([N+](=O)[O-])cccc2[N+](=O)[O-])CC1. The van der Waals surface area contributed by atoms with Gasteiger partial charge in [0.15, 0.2) is 5.69 Å². The summed E-state index contributed by atoms with van der Waals surface area (Å²) in [5, 5.41) is 31.0. The van der Waals surface area contributed by atoms with Crippen molar-refractivity contribution in [3.8, 4) is 0 Å². The van der Waals surface area contributed by atoms with E-state index < -0.39 is 15.9 Å². The predicted molar refractivity (Wildman–Crippen MR) is 71.6 cm³/mol. The summed E-state index contributed by atoms with van der Waals surface area (Å²) in [6.07, 6.45) is -1.08. The van der Waals surface area contributed by atoms with E-state index in [-0.39, 0.29) is 43.2 Å². The highest BCUT2D eigenvalue weighted by Gasteiger charge is 2.32. The molecule has 10 nitrogen and oxygen atoms in total. The highest BCUT2D eigenvalue weighted by atomic mass is 16.6. The first-order chi connectivity index (χ1) is 9.91. The van der Waals surface area contributed by atoms with E-state index in [2.05, 4.69) is 0 Å². The van der Waals surface area contributed by atoms with E-state index in [9.17, 15) is 25.0 Å². The van der Waals surface area contributed by atoms with Crippen molar-refractivity contribution in [1.82, 2.24) is 4.90 Å². The fourth-order valence-corrected chi connectivity index (χ4v) is 2.26. The van der Waals surface area contributed by atoms with Crippen molar-refractivity contribution in [2.24, 2.45) is 0 Å². The minimum Gasteiger partial charge on any atom is -0.465 e. The van der Waals surface area contributed by atoms with Gasteiger partial charge in [-0.3, -0.25) is 20.2 Å². The molecule has 1 aromatic carbocycles.